The first kappa shape index (κ1) is 45.7. The van der Waals surface area contributed by atoms with Gasteiger partial charge in [0.25, 0.3) is 11.1 Å². The second kappa shape index (κ2) is 24.7. The molecule has 1 amide bonds. The molecule has 57 heavy (non-hydrogen) atoms. The van der Waals surface area contributed by atoms with Crippen LogP contribution in [0.2, 0.25) is 0 Å². The fraction of sp³-hybridized carbons (Fsp3) is 0.458. The van der Waals surface area contributed by atoms with E-state index in [0.29, 0.717) is 29.8 Å². The smallest absolute Gasteiger partial charge is 0.254 e. The Balaban J connectivity index is 0.000000213. The standard InChI is InChI=1S/C24H31FN2O.C17H28N2.C7H4ClFO/c1-3-26(4-2)22-12-8-9-13-23(22)27(18-19-10-6-5-7-11-19)24(28)20-14-16-21(25)17-15-20;1-3-19(4-2)17-13-9-8-12-16(17)18-14-15-10-6-5-7-11-15;8-7(10)5-1-3-6(9)4-2-5/h5-7,10-11,14-17,22-23H,3-4,8-9,12-13,18H2,1-2H3;5-7,10-11,16-18H,3-4,8-9,12-14H2,1-2H3;1-4H. The van der Waals surface area contributed by atoms with E-state index < -0.39 is 5.24 Å². The Morgan fingerprint density at radius 1 is 0.579 bits per heavy atom. The quantitative estimate of drug-likeness (QED) is 0.129. The molecule has 0 spiro atoms. The summed E-state index contributed by atoms with van der Waals surface area (Å²) in [6.45, 7) is 14.9. The average Bonchev–Trinajstić information content (AvgIpc) is 3.25. The van der Waals surface area contributed by atoms with Crippen molar-refractivity contribution in [1.29, 1.82) is 0 Å². The number of halogens is 3. The number of hydrogen-bond donors (Lipinski definition) is 1. The second-order valence-electron chi connectivity index (χ2n) is 14.9. The van der Waals surface area contributed by atoms with Crippen LogP contribution in [0.4, 0.5) is 8.78 Å². The Bertz CT molecular complexity index is 1720. The van der Waals surface area contributed by atoms with Crippen molar-refractivity contribution in [3.63, 3.8) is 0 Å². The highest BCUT2D eigenvalue weighted by Crippen LogP contribution is 2.30. The molecule has 2 saturated carbocycles. The van der Waals surface area contributed by atoms with Gasteiger partial charge in [0.1, 0.15) is 11.6 Å². The molecule has 2 aliphatic rings. The van der Waals surface area contributed by atoms with Gasteiger partial charge < -0.3 is 10.2 Å². The van der Waals surface area contributed by atoms with Gasteiger partial charge in [0, 0.05) is 48.4 Å². The van der Waals surface area contributed by atoms with Gasteiger partial charge in [0.05, 0.1) is 0 Å². The fourth-order valence-electron chi connectivity index (χ4n) is 8.36. The average molecular weight is 802 g/mol. The summed E-state index contributed by atoms with van der Waals surface area (Å²) >= 11 is 5.09. The molecule has 6 rings (SSSR count). The molecule has 0 aromatic heterocycles. The summed E-state index contributed by atoms with van der Waals surface area (Å²) in [5, 5.41) is 3.23. The molecular formula is C48H63ClF2N4O2. The van der Waals surface area contributed by atoms with Gasteiger partial charge in [0.15, 0.2) is 0 Å². The van der Waals surface area contributed by atoms with Gasteiger partial charge >= 0.3 is 0 Å². The van der Waals surface area contributed by atoms with Gasteiger partial charge in [0.2, 0.25) is 0 Å². The van der Waals surface area contributed by atoms with Crippen LogP contribution < -0.4 is 5.32 Å². The number of rotatable bonds is 14. The Kier molecular flexibility index (Phi) is 19.9. The van der Waals surface area contributed by atoms with Gasteiger partial charge in [-0.1, -0.05) is 114 Å². The predicted molar refractivity (Wildman–Crippen MR) is 231 cm³/mol. The molecule has 1 N–H and O–H groups in total. The summed E-state index contributed by atoms with van der Waals surface area (Å²) < 4.78 is 25.6. The van der Waals surface area contributed by atoms with Crippen molar-refractivity contribution in [3.05, 3.63) is 143 Å². The number of hydrogen-bond acceptors (Lipinski definition) is 5. The highest BCUT2D eigenvalue weighted by Gasteiger charge is 2.36. The van der Waals surface area contributed by atoms with Crippen LogP contribution in [0, 0.1) is 11.6 Å². The summed E-state index contributed by atoms with van der Waals surface area (Å²) in [6.07, 6.45) is 9.94. The van der Waals surface area contributed by atoms with Crippen molar-refractivity contribution in [1.82, 2.24) is 20.0 Å². The van der Waals surface area contributed by atoms with Crippen LogP contribution in [0.3, 0.4) is 0 Å². The van der Waals surface area contributed by atoms with Crippen molar-refractivity contribution in [2.24, 2.45) is 0 Å². The van der Waals surface area contributed by atoms with Crippen LogP contribution in [0.15, 0.2) is 109 Å². The maximum atomic E-state index is 13.5. The first-order valence-corrected chi connectivity index (χ1v) is 21.4. The highest BCUT2D eigenvalue weighted by molar-refractivity contribution is 6.67. The first-order chi connectivity index (χ1) is 27.7. The molecule has 4 atom stereocenters. The summed E-state index contributed by atoms with van der Waals surface area (Å²) in [6, 6.07) is 33.9. The summed E-state index contributed by atoms with van der Waals surface area (Å²) in [7, 11) is 0. The van der Waals surface area contributed by atoms with Crippen molar-refractivity contribution in [3.8, 4) is 0 Å². The Labute approximate surface area is 345 Å². The van der Waals surface area contributed by atoms with Crippen LogP contribution in [0.25, 0.3) is 0 Å². The maximum Gasteiger partial charge on any atom is 0.254 e. The summed E-state index contributed by atoms with van der Waals surface area (Å²) in [5.41, 5.74) is 3.39. The number of amides is 1. The van der Waals surface area contributed by atoms with Crippen LogP contribution >= 0.6 is 11.6 Å². The van der Waals surface area contributed by atoms with E-state index >= 15 is 0 Å². The lowest BCUT2D eigenvalue weighted by molar-refractivity contribution is 0.0349. The molecule has 0 radical (unpaired) electrons. The summed E-state index contributed by atoms with van der Waals surface area (Å²) in [4.78, 5) is 31.0. The zero-order valence-electron chi connectivity index (χ0n) is 34.4. The Hall–Kier alpha value is -3.95. The Morgan fingerprint density at radius 2 is 1.02 bits per heavy atom. The van der Waals surface area contributed by atoms with E-state index in [4.69, 9.17) is 11.6 Å². The van der Waals surface area contributed by atoms with Gasteiger partial charge in [-0.25, -0.2) is 8.78 Å². The van der Waals surface area contributed by atoms with Crippen molar-refractivity contribution in [2.45, 2.75) is 116 Å². The molecule has 4 aromatic carbocycles. The fourth-order valence-corrected chi connectivity index (χ4v) is 8.48. The second-order valence-corrected chi connectivity index (χ2v) is 15.2. The molecule has 2 aliphatic carbocycles. The molecule has 0 aliphatic heterocycles. The zero-order chi connectivity index (χ0) is 41.0. The number of carbonyl (C=O) groups excluding carboxylic acids is 2. The third-order valence-corrected chi connectivity index (χ3v) is 11.6. The zero-order valence-corrected chi connectivity index (χ0v) is 35.1. The molecule has 6 nitrogen and oxygen atoms in total. The minimum Gasteiger partial charge on any atom is -0.330 e. The van der Waals surface area contributed by atoms with Gasteiger partial charge in [-0.05, 0) is 123 Å². The van der Waals surface area contributed by atoms with Crippen LogP contribution in [-0.2, 0) is 13.1 Å². The molecule has 9 heteroatoms. The van der Waals surface area contributed by atoms with Crippen molar-refractivity contribution in [2.75, 3.05) is 26.2 Å². The largest absolute Gasteiger partial charge is 0.330 e. The van der Waals surface area contributed by atoms with Crippen LogP contribution in [-0.4, -0.2) is 76.2 Å². The molecular weight excluding hydrogens is 738 g/mol. The third kappa shape index (κ3) is 14.4. The monoisotopic (exact) mass is 800 g/mol. The van der Waals surface area contributed by atoms with E-state index in [1.54, 1.807) is 12.1 Å². The number of nitrogens with one attached hydrogen (secondary N) is 1. The lowest BCUT2D eigenvalue weighted by Gasteiger charge is -2.44. The normalized spacial score (nSPS) is 19.2. The van der Waals surface area contributed by atoms with E-state index in [0.717, 1.165) is 50.5 Å². The van der Waals surface area contributed by atoms with Gasteiger partial charge in [-0.15, -0.1) is 0 Å². The van der Waals surface area contributed by atoms with Crippen LogP contribution in [0.5, 0.6) is 0 Å². The van der Waals surface area contributed by atoms with Crippen LogP contribution in [0.1, 0.15) is 111 Å². The van der Waals surface area contributed by atoms with Gasteiger partial charge in [-0.2, -0.15) is 0 Å². The minimum atomic E-state index is -0.569. The highest BCUT2D eigenvalue weighted by atomic mass is 35.5. The SMILES string of the molecule is CCN(CC)C1CCCCC1N(Cc1ccccc1)C(=O)c1ccc(F)cc1.CCN(CC)C1CCCCC1NCc1ccccc1.O=C(Cl)c1ccc(F)cc1. The van der Waals surface area contributed by atoms with E-state index in [9.17, 15) is 18.4 Å². The molecule has 0 heterocycles. The molecule has 0 saturated heterocycles. The van der Waals surface area contributed by atoms with E-state index in [1.165, 1.54) is 87.2 Å². The van der Waals surface area contributed by atoms with E-state index in [1.807, 2.05) is 23.1 Å². The first-order valence-electron chi connectivity index (χ1n) is 21.0. The minimum absolute atomic E-state index is 0.00657. The lowest BCUT2D eigenvalue weighted by atomic mass is 9.87. The number of likely N-dealkylation sites (N-methyl/N-ethyl adjacent to an activating group) is 2. The predicted octanol–water partition coefficient (Wildman–Crippen LogP) is 10.8. The third-order valence-electron chi connectivity index (χ3n) is 11.4. The Morgan fingerprint density at radius 3 is 1.53 bits per heavy atom. The molecule has 2 fully saturated rings. The van der Waals surface area contributed by atoms with Crippen molar-refractivity contribution < 1.29 is 18.4 Å². The van der Waals surface area contributed by atoms with Gasteiger partial charge in [-0.3, -0.25) is 19.4 Å². The number of benzene rings is 4. The molecule has 0 bridgehead atoms. The molecule has 308 valence electrons. The summed E-state index contributed by atoms with van der Waals surface area (Å²) in [5.74, 6) is -0.695. The maximum absolute atomic E-state index is 13.5. The number of nitrogens with zero attached hydrogens (tertiary/aromatic N) is 3. The van der Waals surface area contributed by atoms with E-state index in [2.05, 4.69) is 85.3 Å². The molecule has 4 unspecified atom stereocenters. The van der Waals surface area contributed by atoms with Crippen molar-refractivity contribution >= 4 is 22.8 Å². The van der Waals surface area contributed by atoms with E-state index in [-0.39, 0.29) is 23.6 Å². The number of carbonyl (C=O) groups is 2. The topological polar surface area (TPSA) is 55.9 Å². The lowest BCUT2D eigenvalue weighted by Crippen LogP contribution is -2.54. The molecule has 4 aromatic rings.